The number of rotatable bonds is 5. The summed E-state index contributed by atoms with van der Waals surface area (Å²) < 4.78 is 0. The van der Waals surface area contributed by atoms with Crippen LogP contribution in [0.1, 0.15) is 18.4 Å². The lowest BCUT2D eigenvalue weighted by Gasteiger charge is -2.37. The Balaban J connectivity index is 1.20. The lowest BCUT2D eigenvalue weighted by atomic mass is 10.1. The highest BCUT2D eigenvalue weighted by Gasteiger charge is 2.35. The number of hydrazine groups is 1. The fourth-order valence-electron chi connectivity index (χ4n) is 5.15. The van der Waals surface area contributed by atoms with Gasteiger partial charge in [0.25, 0.3) is 5.91 Å². The number of carbonyl (C=O) groups excluding carboxylic acids is 1. The molecule has 1 unspecified atom stereocenters. The van der Waals surface area contributed by atoms with Crippen molar-refractivity contribution in [3.8, 4) is 0 Å². The highest BCUT2D eigenvalue weighted by Crippen LogP contribution is 2.41. The lowest BCUT2D eigenvalue weighted by Crippen LogP contribution is -2.51. The number of hydrogen-bond acceptors (Lipinski definition) is 6. The summed E-state index contributed by atoms with van der Waals surface area (Å²) >= 11 is 6.17. The standard InChI is InChI=1S/C26H31ClN6O/c27-22-6-3-19(4-7-22)25-23(33-16-21(18-1-2-18)5-8-24(33)30-25)17-31-11-13-32(14-12-31)26(34)20-9-10-28-29-15-20/h3-9,16,18,24,28-30H,1-2,10-15,17H2. The Kier molecular flexibility index (Phi) is 5.95. The van der Waals surface area contributed by atoms with Crippen LogP contribution in [0.3, 0.4) is 0 Å². The van der Waals surface area contributed by atoms with Gasteiger partial charge in [0.05, 0.1) is 11.4 Å². The van der Waals surface area contributed by atoms with Crippen molar-refractivity contribution >= 4 is 23.2 Å². The van der Waals surface area contributed by atoms with Crippen molar-refractivity contribution in [2.75, 3.05) is 45.8 Å². The first kappa shape index (κ1) is 21.9. The SMILES string of the molecule is O=C(C1=CCNNC1)N1CCN(CC2=C(c3ccc(Cl)cc3)NC3C=CC(C4CC4)=CN23)CC1. The van der Waals surface area contributed by atoms with Gasteiger partial charge in [-0.2, -0.15) is 0 Å². The molecule has 4 aliphatic heterocycles. The number of amides is 1. The zero-order valence-corrected chi connectivity index (χ0v) is 20.0. The van der Waals surface area contributed by atoms with E-state index in [0.717, 1.165) is 48.9 Å². The Labute approximate surface area is 205 Å². The number of hydrogen-bond donors (Lipinski definition) is 3. The van der Waals surface area contributed by atoms with E-state index in [1.807, 2.05) is 23.1 Å². The first-order chi connectivity index (χ1) is 16.7. The first-order valence-electron chi connectivity index (χ1n) is 12.3. The van der Waals surface area contributed by atoms with Gasteiger partial charge in [0.15, 0.2) is 0 Å². The van der Waals surface area contributed by atoms with Crippen LogP contribution in [0.5, 0.6) is 0 Å². The van der Waals surface area contributed by atoms with Gasteiger partial charge in [0, 0.05) is 62.6 Å². The summed E-state index contributed by atoms with van der Waals surface area (Å²) in [7, 11) is 0. The van der Waals surface area contributed by atoms with Gasteiger partial charge in [0.2, 0.25) is 0 Å². The Morgan fingerprint density at radius 2 is 1.85 bits per heavy atom. The molecule has 1 saturated carbocycles. The van der Waals surface area contributed by atoms with Gasteiger partial charge in [-0.25, -0.2) is 0 Å². The van der Waals surface area contributed by atoms with E-state index in [2.05, 4.69) is 56.5 Å². The molecule has 1 amide bonds. The second kappa shape index (κ2) is 9.23. The summed E-state index contributed by atoms with van der Waals surface area (Å²) in [5, 5.41) is 4.49. The maximum Gasteiger partial charge on any atom is 0.250 e. The highest BCUT2D eigenvalue weighted by molar-refractivity contribution is 6.30. The minimum Gasteiger partial charge on any atom is -0.360 e. The Morgan fingerprint density at radius 3 is 2.56 bits per heavy atom. The van der Waals surface area contributed by atoms with Crippen molar-refractivity contribution in [1.82, 2.24) is 30.9 Å². The molecule has 4 heterocycles. The average Bonchev–Trinajstić information content (AvgIpc) is 3.68. The first-order valence-corrected chi connectivity index (χ1v) is 12.6. The summed E-state index contributed by atoms with van der Waals surface area (Å²) in [6.45, 7) is 5.38. The lowest BCUT2D eigenvalue weighted by molar-refractivity contribution is -0.129. The summed E-state index contributed by atoms with van der Waals surface area (Å²) in [6.07, 6.45) is 11.7. The van der Waals surface area contributed by atoms with Gasteiger partial charge < -0.3 is 15.1 Å². The van der Waals surface area contributed by atoms with E-state index in [1.54, 1.807) is 0 Å². The van der Waals surface area contributed by atoms with Crippen LogP contribution in [-0.2, 0) is 4.79 Å². The van der Waals surface area contributed by atoms with Gasteiger partial charge in [-0.1, -0.05) is 35.9 Å². The van der Waals surface area contributed by atoms with E-state index in [-0.39, 0.29) is 12.1 Å². The number of halogens is 1. The zero-order chi connectivity index (χ0) is 23.1. The van der Waals surface area contributed by atoms with E-state index in [9.17, 15) is 4.79 Å². The molecule has 0 aromatic heterocycles. The number of fused-ring (bicyclic) bond motifs is 1. The van der Waals surface area contributed by atoms with Gasteiger partial charge >= 0.3 is 0 Å². The minimum absolute atomic E-state index is 0.144. The third-order valence-electron chi connectivity index (χ3n) is 7.29. The molecule has 5 aliphatic rings. The normalized spacial score (nSPS) is 25.1. The monoisotopic (exact) mass is 478 g/mol. The van der Waals surface area contributed by atoms with Crippen LogP contribution >= 0.6 is 11.6 Å². The van der Waals surface area contributed by atoms with Crippen molar-refractivity contribution in [2.45, 2.75) is 19.0 Å². The number of carbonyl (C=O) groups is 1. The van der Waals surface area contributed by atoms with Gasteiger partial charge in [-0.05, 0) is 48.1 Å². The minimum atomic E-state index is 0.144. The largest absolute Gasteiger partial charge is 0.360 e. The summed E-state index contributed by atoms with van der Waals surface area (Å²) in [6, 6.07) is 8.10. The number of piperazine rings is 1. The molecule has 7 nitrogen and oxygen atoms in total. The van der Waals surface area contributed by atoms with E-state index < -0.39 is 0 Å². The maximum atomic E-state index is 12.9. The molecule has 0 bridgehead atoms. The molecule has 1 saturated heterocycles. The van der Waals surface area contributed by atoms with E-state index in [4.69, 9.17) is 11.6 Å². The molecule has 1 atom stereocenters. The molecule has 1 aromatic rings. The molecule has 0 radical (unpaired) electrons. The molecule has 6 rings (SSSR count). The van der Waals surface area contributed by atoms with Gasteiger partial charge in [-0.3, -0.25) is 20.5 Å². The maximum absolute atomic E-state index is 12.9. The van der Waals surface area contributed by atoms with E-state index >= 15 is 0 Å². The molecule has 1 aliphatic carbocycles. The smallest absolute Gasteiger partial charge is 0.250 e. The fourth-order valence-corrected chi connectivity index (χ4v) is 5.28. The molecule has 1 aromatic carbocycles. The predicted octanol–water partition coefficient (Wildman–Crippen LogP) is 2.28. The van der Waals surface area contributed by atoms with E-state index in [0.29, 0.717) is 19.0 Å². The highest BCUT2D eigenvalue weighted by atomic mass is 35.5. The number of allylic oxidation sites excluding steroid dienone is 2. The molecule has 0 spiro atoms. The molecular weight excluding hydrogens is 448 g/mol. The average molecular weight is 479 g/mol. The Bertz CT molecular complexity index is 1080. The van der Waals surface area contributed by atoms with E-state index in [1.165, 1.54) is 29.8 Å². The zero-order valence-electron chi connectivity index (χ0n) is 19.3. The summed E-state index contributed by atoms with van der Waals surface area (Å²) in [5.74, 6) is 0.877. The van der Waals surface area contributed by atoms with Crippen LogP contribution in [0.25, 0.3) is 5.70 Å². The van der Waals surface area contributed by atoms with Gasteiger partial charge in [-0.15, -0.1) is 0 Å². The number of benzene rings is 1. The van der Waals surface area contributed by atoms with Crippen molar-refractivity contribution in [1.29, 1.82) is 0 Å². The topological polar surface area (TPSA) is 62.9 Å². The van der Waals surface area contributed by atoms with Crippen molar-refractivity contribution in [2.24, 2.45) is 5.92 Å². The number of nitrogens with one attached hydrogen (secondary N) is 3. The van der Waals surface area contributed by atoms with Crippen LogP contribution in [0, 0.1) is 5.92 Å². The molecular formula is C26H31ClN6O. The molecule has 8 heteroatoms. The third kappa shape index (κ3) is 4.41. The van der Waals surface area contributed by atoms with Crippen LogP contribution in [0.15, 0.2) is 65.5 Å². The molecule has 34 heavy (non-hydrogen) atoms. The second-order valence-electron chi connectivity index (χ2n) is 9.62. The van der Waals surface area contributed by atoms with Crippen molar-refractivity contribution in [3.63, 3.8) is 0 Å². The van der Waals surface area contributed by atoms with Crippen molar-refractivity contribution in [3.05, 3.63) is 76.1 Å². The quantitative estimate of drug-likeness (QED) is 0.603. The van der Waals surface area contributed by atoms with Crippen LogP contribution < -0.4 is 16.2 Å². The van der Waals surface area contributed by atoms with Gasteiger partial charge in [0.1, 0.15) is 6.17 Å². The van der Waals surface area contributed by atoms with Crippen molar-refractivity contribution < 1.29 is 4.79 Å². The molecule has 3 N–H and O–H groups in total. The fraction of sp³-hybridized carbons (Fsp3) is 0.423. The summed E-state index contributed by atoms with van der Waals surface area (Å²) in [4.78, 5) is 19.8. The molecule has 178 valence electrons. The van der Waals surface area contributed by atoms with Crippen LogP contribution in [0.2, 0.25) is 5.02 Å². The number of nitrogens with zero attached hydrogens (tertiary/aromatic N) is 3. The summed E-state index contributed by atoms with van der Waals surface area (Å²) in [5.41, 5.74) is 12.0. The van der Waals surface area contributed by atoms with Crippen LogP contribution in [0.4, 0.5) is 0 Å². The Morgan fingerprint density at radius 1 is 1.06 bits per heavy atom. The van der Waals surface area contributed by atoms with Crippen LogP contribution in [-0.4, -0.2) is 72.6 Å². The molecule has 2 fully saturated rings. The third-order valence-corrected chi connectivity index (χ3v) is 7.55. The Hall–Kier alpha value is -2.58. The predicted molar refractivity (Wildman–Crippen MR) is 134 cm³/mol. The second-order valence-corrected chi connectivity index (χ2v) is 10.1.